The van der Waals surface area contributed by atoms with Crippen LogP contribution in [0.15, 0.2) is 24.3 Å². The number of aryl methyl sites for hydroxylation is 1. The van der Waals surface area contributed by atoms with E-state index in [1.807, 2.05) is 13.8 Å². The van der Waals surface area contributed by atoms with Crippen LogP contribution in [-0.4, -0.2) is 15.7 Å². The Bertz CT molecular complexity index is 477. The molecule has 0 bridgehead atoms. The second kappa shape index (κ2) is 3.38. The first-order valence-corrected chi connectivity index (χ1v) is 5.25. The monoisotopic (exact) mass is 203 g/mol. The van der Waals surface area contributed by atoms with E-state index in [1.54, 1.807) is 0 Å². The molecule has 0 spiro atoms. The Morgan fingerprint density at radius 2 is 2.00 bits per heavy atom. The molecule has 80 valence electrons. The van der Waals surface area contributed by atoms with E-state index in [0.29, 0.717) is 6.42 Å². The zero-order chi connectivity index (χ0) is 11.1. The highest BCUT2D eigenvalue weighted by Crippen LogP contribution is 2.19. The molecule has 15 heavy (non-hydrogen) atoms. The van der Waals surface area contributed by atoms with E-state index in [4.69, 9.17) is 0 Å². The van der Waals surface area contributed by atoms with E-state index in [2.05, 4.69) is 36.2 Å². The summed E-state index contributed by atoms with van der Waals surface area (Å²) in [6, 6.07) is 8.41. The Kier molecular flexibility index (Phi) is 2.31. The summed E-state index contributed by atoms with van der Waals surface area (Å²) in [5, 5.41) is 11.0. The molecule has 2 rings (SSSR count). The van der Waals surface area contributed by atoms with Gasteiger partial charge in [0, 0.05) is 17.6 Å². The largest absolute Gasteiger partial charge is 0.390 e. The van der Waals surface area contributed by atoms with Crippen LogP contribution in [0.3, 0.4) is 0 Å². The summed E-state index contributed by atoms with van der Waals surface area (Å²) in [4.78, 5) is 3.30. The number of nitrogens with one attached hydrogen (secondary N) is 1. The maximum atomic E-state index is 9.74. The van der Waals surface area contributed by atoms with Crippen molar-refractivity contribution in [2.24, 2.45) is 0 Å². The zero-order valence-electron chi connectivity index (χ0n) is 9.46. The summed E-state index contributed by atoms with van der Waals surface area (Å²) in [6.07, 6.45) is 0.682. The molecule has 2 N–H and O–H groups in total. The fraction of sp³-hybridized carbons (Fsp3) is 0.385. The highest BCUT2D eigenvalue weighted by Gasteiger charge is 2.13. The van der Waals surface area contributed by atoms with Crippen molar-refractivity contribution in [2.75, 3.05) is 0 Å². The molecule has 0 unspecified atom stereocenters. The van der Waals surface area contributed by atoms with Crippen LogP contribution in [0, 0.1) is 6.92 Å². The van der Waals surface area contributed by atoms with Crippen LogP contribution in [0.4, 0.5) is 0 Å². The highest BCUT2D eigenvalue weighted by molar-refractivity contribution is 5.81. The van der Waals surface area contributed by atoms with Crippen molar-refractivity contribution in [1.82, 2.24) is 4.98 Å². The second-order valence-electron chi connectivity index (χ2n) is 4.86. The van der Waals surface area contributed by atoms with Crippen LogP contribution < -0.4 is 0 Å². The van der Waals surface area contributed by atoms with Crippen molar-refractivity contribution in [1.29, 1.82) is 0 Å². The molecule has 1 aromatic heterocycles. The number of benzene rings is 1. The van der Waals surface area contributed by atoms with Crippen LogP contribution in [0.2, 0.25) is 0 Å². The van der Waals surface area contributed by atoms with Gasteiger partial charge in [-0.05, 0) is 43.9 Å². The molecular weight excluding hydrogens is 186 g/mol. The molecular formula is C13H17NO. The maximum Gasteiger partial charge on any atom is 0.0631 e. The molecule has 0 aliphatic carbocycles. The number of hydrogen-bond donors (Lipinski definition) is 2. The quantitative estimate of drug-likeness (QED) is 0.773. The van der Waals surface area contributed by atoms with E-state index in [9.17, 15) is 5.11 Å². The standard InChI is InChI=1S/C13H17NO/c1-9-6-11-5-4-10(7-12(11)14-9)8-13(2,3)15/h4-7,14-15H,8H2,1-3H3. The first-order valence-electron chi connectivity index (χ1n) is 5.25. The van der Waals surface area contributed by atoms with Gasteiger partial charge in [-0.2, -0.15) is 0 Å². The molecule has 0 fully saturated rings. The van der Waals surface area contributed by atoms with Gasteiger partial charge in [-0.15, -0.1) is 0 Å². The number of aromatic nitrogens is 1. The van der Waals surface area contributed by atoms with Gasteiger partial charge in [-0.3, -0.25) is 0 Å². The van der Waals surface area contributed by atoms with Crippen molar-refractivity contribution in [3.8, 4) is 0 Å². The lowest BCUT2D eigenvalue weighted by atomic mass is 9.98. The van der Waals surface area contributed by atoms with Crippen molar-refractivity contribution in [3.63, 3.8) is 0 Å². The summed E-state index contributed by atoms with van der Waals surface area (Å²) in [7, 11) is 0. The van der Waals surface area contributed by atoms with Gasteiger partial charge in [0.2, 0.25) is 0 Å². The summed E-state index contributed by atoms with van der Waals surface area (Å²) in [6.45, 7) is 5.71. The third-order valence-corrected chi connectivity index (χ3v) is 2.46. The van der Waals surface area contributed by atoms with Crippen molar-refractivity contribution in [3.05, 3.63) is 35.5 Å². The molecule has 2 nitrogen and oxygen atoms in total. The normalized spacial score (nSPS) is 12.3. The minimum Gasteiger partial charge on any atom is -0.390 e. The van der Waals surface area contributed by atoms with E-state index in [-0.39, 0.29) is 0 Å². The lowest BCUT2D eigenvalue weighted by molar-refractivity contribution is 0.0810. The lowest BCUT2D eigenvalue weighted by Crippen LogP contribution is -2.21. The first kappa shape index (κ1) is 10.2. The number of hydrogen-bond acceptors (Lipinski definition) is 1. The van der Waals surface area contributed by atoms with Gasteiger partial charge >= 0.3 is 0 Å². The molecule has 0 saturated heterocycles. The molecule has 0 amide bonds. The van der Waals surface area contributed by atoms with E-state index >= 15 is 0 Å². The molecule has 0 aliphatic heterocycles. The summed E-state index contributed by atoms with van der Waals surface area (Å²) in [5.41, 5.74) is 2.84. The minimum absolute atomic E-state index is 0.644. The van der Waals surface area contributed by atoms with Gasteiger partial charge in [0.05, 0.1) is 5.60 Å². The van der Waals surface area contributed by atoms with Crippen LogP contribution in [0.5, 0.6) is 0 Å². The fourth-order valence-corrected chi connectivity index (χ4v) is 1.93. The predicted octanol–water partition coefficient (Wildman–Crippen LogP) is 2.79. The summed E-state index contributed by atoms with van der Waals surface area (Å²) in [5.74, 6) is 0. The molecule has 0 atom stereocenters. The number of rotatable bonds is 2. The number of fused-ring (bicyclic) bond motifs is 1. The smallest absolute Gasteiger partial charge is 0.0631 e. The molecule has 2 heteroatoms. The first-order chi connectivity index (χ1) is 6.94. The topological polar surface area (TPSA) is 36.0 Å². The summed E-state index contributed by atoms with van der Waals surface area (Å²) >= 11 is 0. The average Bonchev–Trinajstić information content (AvgIpc) is 2.40. The molecule has 0 radical (unpaired) electrons. The lowest BCUT2D eigenvalue weighted by Gasteiger charge is -2.16. The molecule has 1 aromatic carbocycles. The second-order valence-corrected chi connectivity index (χ2v) is 4.86. The van der Waals surface area contributed by atoms with Gasteiger partial charge in [-0.25, -0.2) is 0 Å². The van der Waals surface area contributed by atoms with Crippen LogP contribution in [0.25, 0.3) is 10.9 Å². The average molecular weight is 203 g/mol. The Morgan fingerprint density at radius 3 is 2.67 bits per heavy atom. The Morgan fingerprint density at radius 1 is 1.27 bits per heavy atom. The van der Waals surface area contributed by atoms with E-state index < -0.39 is 5.60 Å². The van der Waals surface area contributed by atoms with Crippen LogP contribution in [-0.2, 0) is 6.42 Å². The highest BCUT2D eigenvalue weighted by atomic mass is 16.3. The van der Waals surface area contributed by atoms with Gasteiger partial charge in [0.1, 0.15) is 0 Å². The van der Waals surface area contributed by atoms with Gasteiger partial charge in [0.25, 0.3) is 0 Å². The fourth-order valence-electron chi connectivity index (χ4n) is 1.93. The number of aliphatic hydroxyl groups is 1. The minimum atomic E-state index is -0.644. The third kappa shape index (κ3) is 2.39. The zero-order valence-corrected chi connectivity index (χ0v) is 9.46. The Balaban J connectivity index is 2.38. The van der Waals surface area contributed by atoms with Gasteiger partial charge in [-0.1, -0.05) is 12.1 Å². The SMILES string of the molecule is Cc1cc2ccc(CC(C)(C)O)cc2[nH]1. The molecule has 2 aromatic rings. The predicted molar refractivity (Wildman–Crippen MR) is 63.0 cm³/mol. The van der Waals surface area contributed by atoms with E-state index in [0.717, 1.165) is 11.1 Å². The Labute approximate surface area is 89.9 Å². The van der Waals surface area contributed by atoms with Crippen molar-refractivity contribution < 1.29 is 5.11 Å². The molecule has 0 saturated carbocycles. The van der Waals surface area contributed by atoms with Crippen molar-refractivity contribution >= 4 is 10.9 Å². The van der Waals surface area contributed by atoms with E-state index in [1.165, 1.54) is 11.1 Å². The van der Waals surface area contributed by atoms with Crippen LogP contribution >= 0.6 is 0 Å². The number of aromatic amines is 1. The maximum absolute atomic E-state index is 9.74. The molecule has 0 aliphatic rings. The van der Waals surface area contributed by atoms with Gasteiger partial charge < -0.3 is 10.1 Å². The summed E-state index contributed by atoms with van der Waals surface area (Å²) < 4.78 is 0. The van der Waals surface area contributed by atoms with Crippen molar-refractivity contribution in [2.45, 2.75) is 32.8 Å². The number of H-pyrrole nitrogens is 1. The molecule has 1 heterocycles. The van der Waals surface area contributed by atoms with Crippen LogP contribution in [0.1, 0.15) is 25.1 Å². The van der Waals surface area contributed by atoms with Gasteiger partial charge in [0.15, 0.2) is 0 Å². The third-order valence-electron chi connectivity index (χ3n) is 2.46. The Hall–Kier alpha value is -1.28.